The molecule has 1 aromatic rings. The highest BCUT2D eigenvalue weighted by atomic mass is 127. The van der Waals surface area contributed by atoms with Gasteiger partial charge in [0, 0.05) is 19.1 Å². The van der Waals surface area contributed by atoms with Crippen LogP contribution in [-0.4, -0.2) is 50.2 Å². The fourth-order valence-electron chi connectivity index (χ4n) is 3.34. The fourth-order valence-corrected chi connectivity index (χ4v) is 3.34. The van der Waals surface area contributed by atoms with Gasteiger partial charge in [-0.05, 0) is 56.5 Å². The van der Waals surface area contributed by atoms with Crippen molar-refractivity contribution in [3.05, 3.63) is 29.8 Å². The molecule has 1 atom stereocenters. The second-order valence-electron chi connectivity index (χ2n) is 6.98. The van der Waals surface area contributed by atoms with E-state index in [1.54, 1.807) is 7.11 Å². The van der Waals surface area contributed by atoms with E-state index in [2.05, 4.69) is 42.4 Å². The van der Waals surface area contributed by atoms with Gasteiger partial charge in [0.1, 0.15) is 5.75 Å². The summed E-state index contributed by atoms with van der Waals surface area (Å²) in [7, 11) is 1.69. The Balaban J connectivity index is 0.00000338. The molecule has 5 nitrogen and oxygen atoms in total. The molecule has 1 saturated heterocycles. The molecule has 1 heterocycles. The van der Waals surface area contributed by atoms with Gasteiger partial charge in [-0.1, -0.05) is 26.0 Å². The lowest BCUT2D eigenvalue weighted by atomic mass is 10.0. The van der Waals surface area contributed by atoms with E-state index in [0.717, 1.165) is 30.4 Å². The molecule has 1 fully saturated rings. The summed E-state index contributed by atoms with van der Waals surface area (Å²) in [5.74, 6) is 2.39. The molecule has 0 saturated carbocycles. The minimum atomic E-state index is 0. The Morgan fingerprint density at radius 2 is 1.96 bits per heavy atom. The number of halogens is 1. The maximum Gasteiger partial charge on any atom is 0.191 e. The van der Waals surface area contributed by atoms with Gasteiger partial charge >= 0.3 is 0 Å². The number of methoxy groups -OCH3 is 1. The summed E-state index contributed by atoms with van der Waals surface area (Å²) in [6, 6.07) is 8.64. The van der Waals surface area contributed by atoms with Gasteiger partial charge in [-0.25, -0.2) is 4.99 Å². The first-order chi connectivity index (χ1) is 12.1. The molecule has 0 aromatic heterocycles. The van der Waals surface area contributed by atoms with Crippen LogP contribution < -0.4 is 15.4 Å². The molecule has 2 rings (SSSR count). The Kier molecular flexibility index (Phi) is 11.0. The molecular formula is C20H35IN4O. The van der Waals surface area contributed by atoms with Crippen molar-refractivity contribution in [2.45, 2.75) is 46.2 Å². The lowest BCUT2D eigenvalue weighted by Crippen LogP contribution is -2.48. The van der Waals surface area contributed by atoms with Gasteiger partial charge in [-0.15, -0.1) is 24.0 Å². The molecule has 1 unspecified atom stereocenters. The number of likely N-dealkylation sites (tertiary alicyclic amines) is 1. The van der Waals surface area contributed by atoms with Crippen molar-refractivity contribution < 1.29 is 4.74 Å². The number of aliphatic imine (C=N–C) groups is 1. The predicted octanol–water partition coefficient (Wildman–Crippen LogP) is 3.49. The molecule has 0 aliphatic carbocycles. The molecule has 0 amide bonds. The van der Waals surface area contributed by atoms with Crippen molar-refractivity contribution in [1.29, 1.82) is 0 Å². The SMILES string of the molecule is CCNC(=NCc1cccc(OC)c1)NCC(C(C)C)N1CCCC1.I. The summed E-state index contributed by atoms with van der Waals surface area (Å²) in [6.45, 7) is 11.6. The van der Waals surface area contributed by atoms with E-state index < -0.39 is 0 Å². The standard InChI is InChI=1S/C20H34N4O.HI/c1-5-21-20(22-14-17-9-8-10-18(13-17)25-4)23-15-19(16(2)3)24-11-6-7-12-24;/h8-10,13,16,19H,5-7,11-12,14-15H2,1-4H3,(H2,21,22,23);1H. The van der Waals surface area contributed by atoms with Crippen LogP contribution in [-0.2, 0) is 6.54 Å². The van der Waals surface area contributed by atoms with Crippen LogP contribution in [0.15, 0.2) is 29.3 Å². The van der Waals surface area contributed by atoms with E-state index in [1.807, 2.05) is 18.2 Å². The van der Waals surface area contributed by atoms with E-state index >= 15 is 0 Å². The molecular weight excluding hydrogens is 439 g/mol. The third-order valence-electron chi connectivity index (χ3n) is 4.76. The van der Waals surface area contributed by atoms with Crippen LogP contribution in [0, 0.1) is 5.92 Å². The van der Waals surface area contributed by atoms with Gasteiger partial charge in [0.05, 0.1) is 13.7 Å². The first kappa shape index (κ1) is 23.0. The Morgan fingerprint density at radius 1 is 1.23 bits per heavy atom. The van der Waals surface area contributed by atoms with Crippen molar-refractivity contribution in [1.82, 2.24) is 15.5 Å². The van der Waals surface area contributed by atoms with Crippen LogP contribution in [0.5, 0.6) is 5.75 Å². The molecule has 148 valence electrons. The lowest BCUT2D eigenvalue weighted by molar-refractivity contribution is 0.192. The normalized spacial score (nSPS) is 16.3. The summed E-state index contributed by atoms with van der Waals surface area (Å²) in [6.07, 6.45) is 2.65. The number of benzene rings is 1. The van der Waals surface area contributed by atoms with Crippen LogP contribution in [0.2, 0.25) is 0 Å². The van der Waals surface area contributed by atoms with Gasteiger partial charge in [0.25, 0.3) is 0 Å². The van der Waals surface area contributed by atoms with Crippen molar-refractivity contribution in [3.8, 4) is 5.75 Å². The van der Waals surface area contributed by atoms with Gasteiger partial charge in [-0.3, -0.25) is 4.90 Å². The third-order valence-corrected chi connectivity index (χ3v) is 4.76. The highest BCUT2D eigenvalue weighted by Gasteiger charge is 2.24. The Hall–Kier alpha value is -1.02. The van der Waals surface area contributed by atoms with Gasteiger partial charge in [-0.2, -0.15) is 0 Å². The minimum absolute atomic E-state index is 0. The number of hydrogen-bond donors (Lipinski definition) is 2. The quantitative estimate of drug-likeness (QED) is 0.344. The molecule has 1 aliphatic rings. The molecule has 0 radical (unpaired) electrons. The van der Waals surface area contributed by atoms with Crippen molar-refractivity contribution in [2.75, 3.05) is 33.3 Å². The van der Waals surface area contributed by atoms with E-state index in [-0.39, 0.29) is 24.0 Å². The number of guanidine groups is 1. The summed E-state index contributed by atoms with van der Waals surface area (Å²) in [5, 5.41) is 6.90. The lowest BCUT2D eigenvalue weighted by Gasteiger charge is -2.31. The molecule has 6 heteroatoms. The van der Waals surface area contributed by atoms with Gasteiger partial charge < -0.3 is 15.4 Å². The molecule has 0 spiro atoms. The average Bonchev–Trinajstić information content (AvgIpc) is 3.14. The number of rotatable bonds is 8. The zero-order valence-corrected chi connectivity index (χ0v) is 19.0. The highest BCUT2D eigenvalue weighted by Crippen LogP contribution is 2.17. The topological polar surface area (TPSA) is 48.9 Å². The third kappa shape index (κ3) is 7.31. The van der Waals surface area contributed by atoms with Crippen LogP contribution >= 0.6 is 24.0 Å². The zero-order chi connectivity index (χ0) is 18.1. The zero-order valence-electron chi connectivity index (χ0n) is 16.6. The van der Waals surface area contributed by atoms with Gasteiger partial charge in [0.15, 0.2) is 5.96 Å². The first-order valence-corrected chi connectivity index (χ1v) is 9.53. The van der Waals surface area contributed by atoms with E-state index in [0.29, 0.717) is 18.5 Å². The van der Waals surface area contributed by atoms with Crippen LogP contribution in [0.4, 0.5) is 0 Å². The molecule has 1 aromatic carbocycles. The second kappa shape index (κ2) is 12.4. The summed E-state index contributed by atoms with van der Waals surface area (Å²) in [4.78, 5) is 7.35. The summed E-state index contributed by atoms with van der Waals surface area (Å²) < 4.78 is 5.29. The monoisotopic (exact) mass is 474 g/mol. The van der Waals surface area contributed by atoms with E-state index in [9.17, 15) is 0 Å². The Morgan fingerprint density at radius 3 is 2.58 bits per heavy atom. The van der Waals surface area contributed by atoms with Crippen molar-refractivity contribution in [2.24, 2.45) is 10.9 Å². The van der Waals surface area contributed by atoms with Crippen molar-refractivity contribution in [3.63, 3.8) is 0 Å². The van der Waals surface area contributed by atoms with Crippen molar-refractivity contribution >= 4 is 29.9 Å². The van der Waals surface area contributed by atoms with E-state index in [4.69, 9.17) is 9.73 Å². The maximum atomic E-state index is 5.29. The summed E-state index contributed by atoms with van der Waals surface area (Å²) >= 11 is 0. The first-order valence-electron chi connectivity index (χ1n) is 9.53. The van der Waals surface area contributed by atoms with E-state index in [1.165, 1.54) is 25.9 Å². The smallest absolute Gasteiger partial charge is 0.191 e. The van der Waals surface area contributed by atoms with Gasteiger partial charge in [0.2, 0.25) is 0 Å². The number of ether oxygens (including phenoxy) is 1. The predicted molar refractivity (Wildman–Crippen MR) is 121 cm³/mol. The minimum Gasteiger partial charge on any atom is -0.497 e. The number of hydrogen-bond acceptors (Lipinski definition) is 3. The fraction of sp³-hybridized carbons (Fsp3) is 0.650. The largest absolute Gasteiger partial charge is 0.497 e. The molecule has 0 bridgehead atoms. The highest BCUT2D eigenvalue weighted by molar-refractivity contribution is 14.0. The molecule has 2 N–H and O–H groups in total. The number of nitrogens with one attached hydrogen (secondary N) is 2. The average molecular weight is 474 g/mol. The van der Waals surface area contributed by atoms with Crippen LogP contribution in [0.1, 0.15) is 39.2 Å². The Bertz CT molecular complexity index is 544. The van der Waals surface area contributed by atoms with Crippen LogP contribution in [0.3, 0.4) is 0 Å². The maximum absolute atomic E-state index is 5.29. The Labute approximate surface area is 176 Å². The molecule has 1 aliphatic heterocycles. The number of nitrogens with zero attached hydrogens (tertiary/aromatic N) is 2. The second-order valence-corrected chi connectivity index (χ2v) is 6.98. The van der Waals surface area contributed by atoms with Crippen LogP contribution in [0.25, 0.3) is 0 Å². The molecule has 26 heavy (non-hydrogen) atoms. The summed E-state index contributed by atoms with van der Waals surface area (Å²) in [5.41, 5.74) is 1.15.